The maximum Gasteiger partial charge on any atom is 0.225 e. The molecular formula is C14H18N4. The Hall–Kier alpha value is -1.68. The van der Waals surface area contributed by atoms with Gasteiger partial charge in [0.25, 0.3) is 0 Å². The normalized spacial score (nSPS) is 16.8. The average Bonchev–Trinajstić information content (AvgIpc) is 3.23. The van der Waals surface area contributed by atoms with Crippen molar-refractivity contribution >= 4 is 16.9 Å². The van der Waals surface area contributed by atoms with Crippen LogP contribution in [0.3, 0.4) is 0 Å². The van der Waals surface area contributed by atoms with Crippen LogP contribution in [0, 0.1) is 5.92 Å². The molecule has 1 heterocycles. The van der Waals surface area contributed by atoms with Crippen LogP contribution in [0.4, 0.5) is 5.95 Å². The first-order valence-corrected chi connectivity index (χ1v) is 6.44. The zero-order valence-corrected chi connectivity index (χ0v) is 10.6. The molecule has 0 saturated heterocycles. The summed E-state index contributed by atoms with van der Waals surface area (Å²) in [5, 5.41) is 1.07. The topological polar surface area (TPSA) is 55.0 Å². The van der Waals surface area contributed by atoms with Gasteiger partial charge in [-0.2, -0.15) is 0 Å². The second-order valence-corrected chi connectivity index (χ2v) is 4.98. The van der Waals surface area contributed by atoms with Crippen LogP contribution in [0.2, 0.25) is 0 Å². The van der Waals surface area contributed by atoms with E-state index in [0.29, 0.717) is 12.6 Å². The minimum atomic E-state index is 0.367. The number of benzene rings is 1. The lowest BCUT2D eigenvalue weighted by molar-refractivity contribution is 0.562. The molecule has 1 aliphatic carbocycles. The van der Waals surface area contributed by atoms with Crippen molar-refractivity contribution in [1.29, 1.82) is 0 Å². The summed E-state index contributed by atoms with van der Waals surface area (Å²) in [7, 11) is 2.04. The molecule has 18 heavy (non-hydrogen) atoms. The fourth-order valence-corrected chi connectivity index (χ4v) is 2.43. The van der Waals surface area contributed by atoms with Crippen LogP contribution in [-0.2, 0) is 0 Å². The SMILES string of the molecule is CN(c1ncc2ccccc2n1)C(CN)C1CC1. The number of rotatable bonds is 4. The van der Waals surface area contributed by atoms with Gasteiger partial charge in [0.15, 0.2) is 0 Å². The number of fused-ring (bicyclic) bond motifs is 1. The lowest BCUT2D eigenvalue weighted by atomic mass is 10.1. The van der Waals surface area contributed by atoms with Crippen LogP contribution < -0.4 is 10.6 Å². The molecule has 1 saturated carbocycles. The highest BCUT2D eigenvalue weighted by molar-refractivity contribution is 5.78. The van der Waals surface area contributed by atoms with Crippen molar-refractivity contribution in [1.82, 2.24) is 9.97 Å². The molecule has 2 N–H and O–H groups in total. The molecule has 0 radical (unpaired) electrons. The number of para-hydroxylation sites is 1. The van der Waals surface area contributed by atoms with Crippen LogP contribution in [-0.4, -0.2) is 29.6 Å². The van der Waals surface area contributed by atoms with E-state index in [0.717, 1.165) is 22.8 Å². The zero-order valence-electron chi connectivity index (χ0n) is 10.6. The molecule has 1 atom stereocenters. The van der Waals surface area contributed by atoms with Crippen LogP contribution in [0.1, 0.15) is 12.8 Å². The molecule has 1 aromatic carbocycles. The third kappa shape index (κ3) is 2.04. The molecule has 1 unspecified atom stereocenters. The lowest BCUT2D eigenvalue weighted by Gasteiger charge is -2.27. The molecule has 4 heteroatoms. The Kier molecular flexibility index (Phi) is 2.88. The molecule has 0 amide bonds. The smallest absolute Gasteiger partial charge is 0.225 e. The minimum absolute atomic E-state index is 0.367. The summed E-state index contributed by atoms with van der Waals surface area (Å²) >= 11 is 0. The number of anilines is 1. The lowest BCUT2D eigenvalue weighted by Crippen LogP contribution is -2.40. The monoisotopic (exact) mass is 242 g/mol. The molecule has 0 bridgehead atoms. The van der Waals surface area contributed by atoms with Gasteiger partial charge in [-0.15, -0.1) is 0 Å². The van der Waals surface area contributed by atoms with E-state index < -0.39 is 0 Å². The Morgan fingerprint density at radius 1 is 1.39 bits per heavy atom. The van der Waals surface area contributed by atoms with E-state index in [1.165, 1.54) is 12.8 Å². The van der Waals surface area contributed by atoms with Crippen LogP contribution in [0.25, 0.3) is 10.9 Å². The van der Waals surface area contributed by atoms with E-state index >= 15 is 0 Å². The quantitative estimate of drug-likeness (QED) is 0.888. The largest absolute Gasteiger partial charge is 0.339 e. The van der Waals surface area contributed by atoms with Gasteiger partial charge >= 0.3 is 0 Å². The first-order valence-electron chi connectivity index (χ1n) is 6.44. The summed E-state index contributed by atoms with van der Waals surface area (Å²) < 4.78 is 0. The number of aromatic nitrogens is 2. The second-order valence-electron chi connectivity index (χ2n) is 4.98. The Labute approximate surface area is 107 Å². The Morgan fingerprint density at radius 2 is 2.17 bits per heavy atom. The Balaban J connectivity index is 1.92. The summed E-state index contributed by atoms with van der Waals surface area (Å²) in [6.45, 7) is 0.664. The minimum Gasteiger partial charge on any atom is -0.339 e. The van der Waals surface area contributed by atoms with Crippen molar-refractivity contribution in [3.8, 4) is 0 Å². The number of nitrogens with two attached hydrogens (primary N) is 1. The van der Waals surface area contributed by atoms with Gasteiger partial charge in [0.05, 0.1) is 5.52 Å². The van der Waals surface area contributed by atoms with Gasteiger partial charge in [0.2, 0.25) is 5.95 Å². The van der Waals surface area contributed by atoms with Gasteiger partial charge in [-0.1, -0.05) is 18.2 Å². The molecule has 1 aliphatic rings. The number of hydrogen-bond donors (Lipinski definition) is 1. The maximum atomic E-state index is 5.87. The zero-order chi connectivity index (χ0) is 12.5. The molecule has 2 aromatic rings. The van der Waals surface area contributed by atoms with Gasteiger partial charge in [0.1, 0.15) is 0 Å². The Bertz CT molecular complexity index is 550. The average molecular weight is 242 g/mol. The highest BCUT2D eigenvalue weighted by atomic mass is 15.3. The predicted molar refractivity (Wildman–Crippen MR) is 73.5 cm³/mol. The fraction of sp³-hybridized carbons (Fsp3) is 0.429. The highest BCUT2D eigenvalue weighted by Crippen LogP contribution is 2.35. The van der Waals surface area contributed by atoms with Crippen molar-refractivity contribution in [2.45, 2.75) is 18.9 Å². The molecule has 4 nitrogen and oxygen atoms in total. The molecule has 94 valence electrons. The summed E-state index contributed by atoms with van der Waals surface area (Å²) in [6, 6.07) is 8.41. The first-order chi connectivity index (χ1) is 8.79. The highest BCUT2D eigenvalue weighted by Gasteiger charge is 2.33. The van der Waals surface area contributed by atoms with E-state index in [1.54, 1.807) is 0 Å². The Morgan fingerprint density at radius 3 is 2.89 bits per heavy atom. The van der Waals surface area contributed by atoms with Crippen LogP contribution in [0.15, 0.2) is 30.5 Å². The van der Waals surface area contributed by atoms with Gasteiger partial charge in [-0.05, 0) is 24.8 Å². The standard InChI is InChI=1S/C14H18N4/c1-18(13(8-15)10-6-7-10)14-16-9-11-4-2-3-5-12(11)17-14/h2-5,9-10,13H,6-8,15H2,1H3. The van der Waals surface area contributed by atoms with Crippen molar-refractivity contribution in [3.05, 3.63) is 30.5 Å². The fourth-order valence-electron chi connectivity index (χ4n) is 2.43. The maximum absolute atomic E-state index is 5.87. The first kappa shape index (κ1) is 11.4. The summed E-state index contributed by atoms with van der Waals surface area (Å²) in [5.41, 5.74) is 6.85. The number of nitrogens with zero attached hydrogens (tertiary/aromatic N) is 3. The number of likely N-dealkylation sites (N-methyl/N-ethyl adjacent to an activating group) is 1. The van der Waals surface area contributed by atoms with Gasteiger partial charge in [-0.25, -0.2) is 9.97 Å². The molecular weight excluding hydrogens is 224 g/mol. The van der Waals surface area contributed by atoms with E-state index in [4.69, 9.17) is 5.73 Å². The van der Waals surface area contributed by atoms with Crippen molar-refractivity contribution in [3.63, 3.8) is 0 Å². The van der Waals surface area contributed by atoms with E-state index in [9.17, 15) is 0 Å². The van der Waals surface area contributed by atoms with Crippen molar-refractivity contribution in [2.24, 2.45) is 11.7 Å². The summed E-state index contributed by atoms with van der Waals surface area (Å²) in [5.74, 6) is 1.49. The summed E-state index contributed by atoms with van der Waals surface area (Å²) in [6.07, 6.45) is 4.44. The second kappa shape index (κ2) is 4.53. The molecule has 0 aliphatic heterocycles. The third-order valence-corrected chi connectivity index (χ3v) is 3.70. The van der Waals surface area contributed by atoms with E-state index in [2.05, 4.69) is 14.9 Å². The summed E-state index contributed by atoms with van der Waals surface area (Å²) in [4.78, 5) is 11.2. The van der Waals surface area contributed by atoms with Crippen molar-refractivity contribution < 1.29 is 0 Å². The number of hydrogen-bond acceptors (Lipinski definition) is 4. The van der Waals surface area contributed by atoms with Gasteiger partial charge < -0.3 is 10.6 Å². The van der Waals surface area contributed by atoms with Crippen LogP contribution in [0.5, 0.6) is 0 Å². The van der Waals surface area contributed by atoms with Crippen molar-refractivity contribution in [2.75, 3.05) is 18.5 Å². The molecule has 1 fully saturated rings. The van der Waals surface area contributed by atoms with Gasteiger partial charge in [-0.3, -0.25) is 0 Å². The molecule has 1 aromatic heterocycles. The van der Waals surface area contributed by atoms with E-state index in [-0.39, 0.29) is 0 Å². The third-order valence-electron chi connectivity index (χ3n) is 3.70. The van der Waals surface area contributed by atoms with Crippen LogP contribution >= 0.6 is 0 Å². The van der Waals surface area contributed by atoms with E-state index in [1.807, 2.05) is 37.5 Å². The molecule has 0 spiro atoms. The molecule has 3 rings (SSSR count). The van der Waals surface area contributed by atoms with Gasteiger partial charge in [0, 0.05) is 31.2 Å². The predicted octanol–water partition coefficient (Wildman–Crippen LogP) is 1.80.